The first kappa shape index (κ1) is 12.0. The van der Waals surface area contributed by atoms with Gasteiger partial charge in [-0.1, -0.05) is 12.1 Å². The Bertz CT molecular complexity index is 577. The SMILES string of the molecule is CCn1c(C(=O)O)cnc1Oc1ccccc1O. The molecule has 2 aromatic rings. The molecular formula is C12H12N2O4. The molecule has 2 rings (SSSR count). The first-order valence-corrected chi connectivity index (χ1v) is 5.38. The highest BCUT2D eigenvalue weighted by Gasteiger charge is 2.16. The molecule has 1 aromatic carbocycles. The molecule has 0 aliphatic carbocycles. The number of aromatic carboxylic acids is 1. The average molecular weight is 248 g/mol. The van der Waals surface area contributed by atoms with Crippen LogP contribution in [-0.2, 0) is 6.54 Å². The van der Waals surface area contributed by atoms with E-state index >= 15 is 0 Å². The fourth-order valence-electron chi connectivity index (χ4n) is 1.56. The number of imidazole rings is 1. The Morgan fingerprint density at radius 1 is 1.44 bits per heavy atom. The quantitative estimate of drug-likeness (QED) is 0.865. The topological polar surface area (TPSA) is 84.6 Å². The zero-order valence-electron chi connectivity index (χ0n) is 9.70. The van der Waals surface area contributed by atoms with Crippen molar-refractivity contribution in [3.8, 4) is 17.5 Å². The van der Waals surface area contributed by atoms with Crippen molar-refractivity contribution >= 4 is 5.97 Å². The number of carboxylic acids is 1. The van der Waals surface area contributed by atoms with Gasteiger partial charge in [0.2, 0.25) is 0 Å². The van der Waals surface area contributed by atoms with Crippen LogP contribution in [0.2, 0.25) is 0 Å². The number of nitrogens with zero attached hydrogens (tertiary/aromatic N) is 2. The lowest BCUT2D eigenvalue weighted by Crippen LogP contribution is -2.08. The highest BCUT2D eigenvalue weighted by Crippen LogP contribution is 2.29. The van der Waals surface area contributed by atoms with Gasteiger partial charge in [0.1, 0.15) is 5.69 Å². The van der Waals surface area contributed by atoms with Crippen LogP contribution in [0.4, 0.5) is 0 Å². The number of hydrogen-bond acceptors (Lipinski definition) is 4. The number of carbonyl (C=O) groups is 1. The molecule has 0 saturated carbocycles. The van der Waals surface area contributed by atoms with E-state index in [4.69, 9.17) is 9.84 Å². The number of carboxylic acid groups (broad SMARTS) is 1. The van der Waals surface area contributed by atoms with Crippen LogP contribution in [0.15, 0.2) is 30.5 Å². The van der Waals surface area contributed by atoms with E-state index in [9.17, 15) is 9.90 Å². The summed E-state index contributed by atoms with van der Waals surface area (Å²) in [6.07, 6.45) is 1.22. The summed E-state index contributed by atoms with van der Waals surface area (Å²) in [5.74, 6) is -0.869. The monoisotopic (exact) mass is 248 g/mol. The molecular weight excluding hydrogens is 236 g/mol. The second-order valence-corrected chi connectivity index (χ2v) is 3.55. The number of benzene rings is 1. The highest BCUT2D eigenvalue weighted by molar-refractivity contribution is 5.85. The summed E-state index contributed by atoms with van der Waals surface area (Å²) in [5.41, 5.74) is 0.0444. The number of phenolic OH excluding ortho intramolecular Hbond substituents is 1. The summed E-state index contributed by atoms with van der Waals surface area (Å²) in [4.78, 5) is 14.8. The standard InChI is InChI=1S/C12H12N2O4/c1-2-14-8(11(16)17)7-13-12(14)18-10-6-4-3-5-9(10)15/h3-7,15H,2H2,1H3,(H,16,17). The number of ether oxygens (including phenoxy) is 1. The molecule has 6 nitrogen and oxygen atoms in total. The summed E-state index contributed by atoms with van der Waals surface area (Å²) in [6.45, 7) is 2.19. The van der Waals surface area contributed by atoms with E-state index in [1.165, 1.54) is 16.8 Å². The third-order valence-electron chi connectivity index (χ3n) is 2.42. The molecule has 2 N–H and O–H groups in total. The summed E-state index contributed by atoms with van der Waals surface area (Å²) < 4.78 is 6.81. The number of rotatable bonds is 4. The lowest BCUT2D eigenvalue weighted by atomic mass is 10.3. The minimum Gasteiger partial charge on any atom is -0.504 e. The van der Waals surface area contributed by atoms with E-state index in [0.717, 1.165) is 0 Å². The Hall–Kier alpha value is -2.50. The van der Waals surface area contributed by atoms with E-state index in [1.807, 2.05) is 0 Å². The molecule has 0 bridgehead atoms. The maximum absolute atomic E-state index is 10.9. The molecule has 94 valence electrons. The first-order valence-electron chi connectivity index (χ1n) is 5.38. The molecule has 0 radical (unpaired) electrons. The third-order valence-corrected chi connectivity index (χ3v) is 2.42. The van der Waals surface area contributed by atoms with Gasteiger partial charge in [-0.25, -0.2) is 9.78 Å². The fourth-order valence-corrected chi connectivity index (χ4v) is 1.56. The van der Waals surface area contributed by atoms with Crippen LogP contribution in [-0.4, -0.2) is 25.7 Å². The lowest BCUT2D eigenvalue weighted by Gasteiger charge is -2.09. The van der Waals surface area contributed by atoms with Crippen molar-refractivity contribution in [3.05, 3.63) is 36.2 Å². The molecule has 1 heterocycles. The van der Waals surface area contributed by atoms with Gasteiger partial charge in [0.25, 0.3) is 0 Å². The fraction of sp³-hybridized carbons (Fsp3) is 0.167. The molecule has 1 aromatic heterocycles. The molecule has 0 aliphatic heterocycles. The molecule has 0 fully saturated rings. The Balaban J connectivity index is 2.35. The van der Waals surface area contributed by atoms with Gasteiger partial charge in [-0.15, -0.1) is 0 Å². The Kier molecular flexibility index (Phi) is 3.18. The number of aromatic nitrogens is 2. The van der Waals surface area contributed by atoms with E-state index in [-0.39, 0.29) is 23.2 Å². The van der Waals surface area contributed by atoms with Crippen molar-refractivity contribution in [2.45, 2.75) is 13.5 Å². The lowest BCUT2D eigenvalue weighted by molar-refractivity contribution is 0.0684. The second kappa shape index (κ2) is 4.79. The zero-order chi connectivity index (χ0) is 13.1. The van der Waals surface area contributed by atoms with Crippen molar-refractivity contribution in [1.29, 1.82) is 0 Å². The van der Waals surface area contributed by atoms with Crippen LogP contribution in [0.1, 0.15) is 17.4 Å². The largest absolute Gasteiger partial charge is 0.504 e. The Labute approximate surface area is 103 Å². The number of para-hydroxylation sites is 2. The minimum absolute atomic E-state index is 0.0278. The predicted molar refractivity (Wildman–Crippen MR) is 63.0 cm³/mol. The van der Waals surface area contributed by atoms with Gasteiger partial charge < -0.3 is 14.9 Å². The molecule has 0 saturated heterocycles. The number of phenols is 1. The summed E-state index contributed by atoms with van der Waals surface area (Å²) in [5, 5.41) is 18.5. The van der Waals surface area contributed by atoms with Crippen LogP contribution in [0, 0.1) is 0 Å². The third kappa shape index (κ3) is 2.13. The molecule has 0 aliphatic rings. The molecule has 6 heteroatoms. The van der Waals surface area contributed by atoms with Gasteiger partial charge in [-0.05, 0) is 19.1 Å². The maximum Gasteiger partial charge on any atom is 0.354 e. The van der Waals surface area contributed by atoms with Crippen molar-refractivity contribution in [3.63, 3.8) is 0 Å². The molecule has 0 spiro atoms. The first-order chi connectivity index (χ1) is 8.63. The smallest absolute Gasteiger partial charge is 0.354 e. The van der Waals surface area contributed by atoms with E-state index in [0.29, 0.717) is 6.54 Å². The van der Waals surface area contributed by atoms with Gasteiger partial charge in [-0.2, -0.15) is 0 Å². The molecule has 0 amide bonds. The van der Waals surface area contributed by atoms with Crippen LogP contribution in [0.5, 0.6) is 17.5 Å². The maximum atomic E-state index is 10.9. The predicted octanol–water partition coefficient (Wildman–Crippen LogP) is 2.10. The van der Waals surface area contributed by atoms with Gasteiger partial charge >= 0.3 is 12.0 Å². The van der Waals surface area contributed by atoms with Crippen LogP contribution < -0.4 is 4.74 Å². The number of hydrogen-bond donors (Lipinski definition) is 2. The Morgan fingerprint density at radius 2 is 2.17 bits per heavy atom. The molecule has 0 unspecified atom stereocenters. The van der Waals surface area contributed by atoms with Gasteiger partial charge in [0.05, 0.1) is 6.20 Å². The Morgan fingerprint density at radius 3 is 2.78 bits per heavy atom. The summed E-state index contributed by atoms with van der Waals surface area (Å²) in [6, 6.07) is 6.55. The summed E-state index contributed by atoms with van der Waals surface area (Å²) in [7, 11) is 0. The minimum atomic E-state index is -1.07. The highest BCUT2D eigenvalue weighted by atomic mass is 16.5. The van der Waals surface area contributed by atoms with Crippen LogP contribution in [0.3, 0.4) is 0 Å². The van der Waals surface area contributed by atoms with E-state index in [2.05, 4.69) is 4.98 Å². The van der Waals surface area contributed by atoms with Crippen molar-refractivity contribution in [1.82, 2.24) is 9.55 Å². The van der Waals surface area contributed by atoms with Crippen LogP contribution >= 0.6 is 0 Å². The average Bonchev–Trinajstić information content (AvgIpc) is 2.75. The second-order valence-electron chi connectivity index (χ2n) is 3.55. The van der Waals surface area contributed by atoms with Crippen molar-refractivity contribution in [2.24, 2.45) is 0 Å². The van der Waals surface area contributed by atoms with Crippen LogP contribution in [0.25, 0.3) is 0 Å². The molecule has 18 heavy (non-hydrogen) atoms. The van der Waals surface area contributed by atoms with Crippen molar-refractivity contribution < 1.29 is 19.7 Å². The van der Waals surface area contributed by atoms with E-state index < -0.39 is 5.97 Å². The van der Waals surface area contributed by atoms with Gasteiger partial charge in [0.15, 0.2) is 11.5 Å². The zero-order valence-corrected chi connectivity index (χ0v) is 9.70. The molecule has 0 atom stereocenters. The van der Waals surface area contributed by atoms with E-state index in [1.54, 1.807) is 25.1 Å². The van der Waals surface area contributed by atoms with Crippen molar-refractivity contribution in [2.75, 3.05) is 0 Å². The normalized spacial score (nSPS) is 10.3. The number of aromatic hydroxyl groups is 1. The van der Waals surface area contributed by atoms with Gasteiger partial charge in [0, 0.05) is 6.54 Å². The summed E-state index contributed by atoms with van der Waals surface area (Å²) >= 11 is 0. The van der Waals surface area contributed by atoms with Gasteiger partial charge in [-0.3, -0.25) is 4.57 Å².